The Morgan fingerprint density at radius 3 is 2.88 bits per heavy atom. The van der Waals surface area contributed by atoms with Gasteiger partial charge < -0.3 is 10.6 Å². The average molecular weight is 216 g/mol. The molecule has 2 N–H and O–H groups in total. The molecule has 1 fully saturated rings. The van der Waals surface area contributed by atoms with Crippen LogP contribution in [0.2, 0.25) is 0 Å². The van der Waals surface area contributed by atoms with Gasteiger partial charge >= 0.3 is 0 Å². The van der Waals surface area contributed by atoms with Crippen molar-refractivity contribution in [3.8, 4) is 0 Å². The van der Waals surface area contributed by atoms with Crippen molar-refractivity contribution in [1.82, 2.24) is 0 Å². The third-order valence-electron chi connectivity index (χ3n) is 3.94. The van der Waals surface area contributed by atoms with Crippen LogP contribution in [-0.2, 0) is 6.42 Å². The van der Waals surface area contributed by atoms with Gasteiger partial charge in [-0.15, -0.1) is 0 Å². The van der Waals surface area contributed by atoms with Crippen molar-refractivity contribution in [2.45, 2.75) is 31.7 Å². The summed E-state index contributed by atoms with van der Waals surface area (Å²) in [4.78, 5) is 2.54. The normalized spacial score (nSPS) is 20.9. The van der Waals surface area contributed by atoms with Crippen molar-refractivity contribution in [3.05, 3.63) is 29.8 Å². The molecule has 1 saturated carbocycles. The van der Waals surface area contributed by atoms with Crippen LogP contribution >= 0.6 is 0 Å². The first-order valence-electron chi connectivity index (χ1n) is 6.43. The predicted molar refractivity (Wildman–Crippen MR) is 67.7 cm³/mol. The molecule has 2 nitrogen and oxygen atoms in total. The van der Waals surface area contributed by atoms with Crippen LogP contribution in [0, 0.1) is 5.92 Å². The van der Waals surface area contributed by atoms with Gasteiger partial charge in [0.2, 0.25) is 0 Å². The second-order valence-electron chi connectivity index (χ2n) is 5.14. The van der Waals surface area contributed by atoms with Crippen molar-refractivity contribution < 1.29 is 0 Å². The van der Waals surface area contributed by atoms with Gasteiger partial charge in [0.15, 0.2) is 0 Å². The van der Waals surface area contributed by atoms with E-state index in [4.69, 9.17) is 5.73 Å². The summed E-state index contributed by atoms with van der Waals surface area (Å²) in [6.45, 7) is 1.96. The molecule has 1 aromatic rings. The molecule has 86 valence electrons. The Labute approximate surface area is 97.4 Å². The molecule has 0 saturated heterocycles. The second-order valence-corrected chi connectivity index (χ2v) is 5.14. The smallest absolute Gasteiger partial charge is 0.0415 e. The quantitative estimate of drug-likeness (QED) is 0.836. The number of para-hydroxylation sites is 1. The summed E-state index contributed by atoms with van der Waals surface area (Å²) in [5, 5.41) is 0. The zero-order chi connectivity index (χ0) is 11.0. The van der Waals surface area contributed by atoms with Gasteiger partial charge in [0.1, 0.15) is 0 Å². The zero-order valence-corrected chi connectivity index (χ0v) is 9.73. The average Bonchev–Trinajstić information content (AvgIpc) is 3.04. The number of benzene rings is 1. The van der Waals surface area contributed by atoms with Crippen molar-refractivity contribution in [2.24, 2.45) is 11.7 Å². The largest absolute Gasteiger partial charge is 0.367 e. The molecule has 0 spiro atoms. The molecule has 0 bridgehead atoms. The Kier molecular flexibility index (Phi) is 2.60. The first-order chi connectivity index (χ1) is 7.88. The summed E-state index contributed by atoms with van der Waals surface area (Å²) in [5.74, 6) is 0.960. The van der Waals surface area contributed by atoms with E-state index in [0.717, 1.165) is 19.0 Å². The van der Waals surface area contributed by atoms with Gasteiger partial charge in [0.25, 0.3) is 0 Å². The molecule has 1 aromatic carbocycles. The number of nitrogens with two attached hydrogens (primary N) is 1. The molecule has 16 heavy (non-hydrogen) atoms. The summed E-state index contributed by atoms with van der Waals surface area (Å²) in [6, 6.07) is 9.34. The molecule has 0 radical (unpaired) electrons. The Morgan fingerprint density at radius 1 is 1.31 bits per heavy atom. The van der Waals surface area contributed by atoms with Crippen molar-refractivity contribution >= 4 is 5.69 Å². The number of nitrogens with zero attached hydrogens (tertiary/aromatic N) is 1. The number of hydrogen-bond donors (Lipinski definition) is 1. The van der Waals surface area contributed by atoms with E-state index in [1.54, 1.807) is 0 Å². The Bertz CT molecular complexity index is 371. The fraction of sp³-hybridized carbons (Fsp3) is 0.571. The Balaban J connectivity index is 1.78. The van der Waals surface area contributed by atoms with Crippen molar-refractivity contribution in [3.63, 3.8) is 0 Å². The van der Waals surface area contributed by atoms with Gasteiger partial charge in [0, 0.05) is 24.8 Å². The Hall–Kier alpha value is -1.02. The number of fused-ring (bicyclic) bond motifs is 1. The maximum absolute atomic E-state index is 5.94. The Morgan fingerprint density at radius 2 is 2.12 bits per heavy atom. The maximum atomic E-state index is 5.94. The van der Waals surface area contributed by atoms with Crippen LogP contribution in [0.5, 0.6) is 0 Å². The molecule has 3 rings (SSSR count). The third kappa shape index (κ3) is 1.82. The van der Waals surface area contributed by atoms with E-state index in [2.05, 4.69) is 29.2 Å². The molecule has 2 heteroatoms. The van der Waals surface area contributed by atoms with Crippen molar-refractivity contribution in [1.29, 1.82) is 0 Å². The van der Waals surface area contributed by atoms with E-state index in [-0.39, 0.29) is 0 Å². The fourth-order valence-electron chi connectivity index (χ4n) is 2.83. The first-order valence-corrected chi connectivity index (χ1v) is 6.43. The van der Waals surface area contributed by atoms with Crippen LogP contribution in [0.3, 0.4) is 0 Å². The molecular weight excluding hydrogens is 196 g/mol. The lowest BCUT2D eigenvalue weighted by Gasteiger charge is -2.29. The van der Waals surface area contributed by atoms with E-state index in [9.17, 15) is 0 Å². The second kappa shape index (κ2) is 4.10. The van der Waals surface area contributed by atoms with E-state index in [0.29, 0.717) is 6.04 Å². The number of anilines is 1. The van der Waals surface area contributed by atoms with Crippen LogP contribution < -0.4 is 10.6 Å². The van der Waals surface area contributed by atoms with Gasteiger partial charge in [0.05, 0.1) is 0 Å². The number of rotatable bonds is 4. The highest BCUT2D eigenvalue weighted by Gasteiger charge is 2.30. The summed E-state index contributed by atoms with van der Waals surface area (Å²) in [7, 11) is 0. The van der Waals surface area contributed by atoms with Crippen LogP contribution in [0.25, 0.3) is 0 Å². The molecule has 1 aliphatic heterocycles. The lowest BCUT2D eigenvalue weighted by molar-refractivity contribution is 0.536. The van der Waals surface area contributed by atoms with Crippen molar-refractivity contribution in [2.75, 3.05) is 18.0 Å². The molecule has 0 aromatic heterocycles. The highest BCUT2D eigenvalue weighted by atomic mass is 15.2. The summed E-state index contributed by atoms with van der Waals surface area (Å²) in [5.41, 5.74) is 8.87. The van der Waals surface area contributed by atoms with Crippen LogP contribution in [0.4, 0.5) is 5.69 Å². The molecule has 1 heterocycles. The molecule has 2 aliphatic rings. The maximum Gasteiger partial charge on any atom is 0.0415 e. The first kappa shape index (κ1) is 10.2. The molecular formula is C14H20N2. The SMILES string of the molecule is NCC(CC1CC1)N1CCc2ccccc21. The molecule has 1 unspecified atom stereocenters. The van der Waals surface area contributed by atoms with Gasteiger partial charge in [-0.2, -0.15) is 0 Å². The lowest BCUT2D eigenvalue weighted by Crippen LogP contribution is -2.40. The van der Waals surface area contributed by atoms with Gasteiger partial charge in [-0.05, 0) is 30.4 Å². The minimum Gasteiger partial charge on any atom is -0.367 e. The third-order valence-corrected chi connectivity index (χ3v) is 3.94. The summed E-state index contributed by atoms with van der Waals surface area (Å²) >= 11 is 0. The van der Waals surface area contributed by atoms with Crippen LogP contribution in [0.1, 0.15) is 24.8 Å². The summed E-state index contributed by atoms with van der Waals surface area (Å²) < 4.78 is 0. The highest BCUT2D eigenvalue weighted by molar-refractivity contribution is 5.58. The standard InChI is InChI=1S/C14H20N2/c15-10-13(9-11-5-6-11)16-8-7-12-3-1-2-4-14(12)16/h1-4,11,13H,5-10,15H2. The topological polar surface area (TPSA) is 29.3 Å². The minimum atomic E-state index is 0.566. The molecule has 0 amide bonds. The zero-order valence-electron chi connectivity index (χ0n) is 9.73. The number of hydrogen-bond acceptors (Lipinski definition) is 2. The summed E-state index contributed by atoms with van der Waals surface area (Å²) in [6.07, 6.45) is 5.33. The van der Waals surface area contributed by atoms with Gasteiger partial charge in [-0.3, -0.25) is 0 Å². The van der Waals surface area contributed by atoms with Crippen LogP contribution in [-0.4, -0.2) is 19.1 Å². The van der Waals surface area contributed by atoms with E-state index in [1.165, 1.54) is 36.9 Å². The molecule has 1 aliphatic carbocycles. The van der Waals surface area contributed by atoms with E-state index >= 15 is 0 Å². The molecule has 1 atom stereocenters. The van der Waals surface area contributed by atoms with Crippen LogP contribution in [0.15, 0.2) is 24.3 Å². The minimum absolute atomic E-state index is 0.566. The van der Waals surface area contributed by atoms with E-state index in [1.807, 2.05) is 0 Å². The van der Waals surface area contributed by atoms with E-state index < -0.39 is 0 Å². The van der Waals surface area contributed by atoms with Gasteiger partial charge in [-0.1, -0.05) is 31.0 Å². The fourth-order valence-corrected chi connectivity index (χ4v) is 2.83. The van der Waals surface area contributed by atoms with Gasteiger partial charge in [-0.25, -0.2) is 0 Å². The lowest BCUT2D eigenvalue weighted by atomic mass is 10.1. The predicted octanol–water partition coefficient (Wildman–Crippen LogP) is 2.18. The monoisotopic (exact) mass is 216 g/mol. The highest BCUT2D eigenvalue weighted by Crippen LogP contribution is 2.37.